The zero-order valence-corrected chi connectivity index (χ0v) is 14.4. The number of ether oxygens (including phenoxy) is 1. The van der Waals surface area contributed by atoms with Gasteiger partial charge in [-0.25, -0.2) is 0 Å². The van der Waals surface area contributed by atoms with Gasteiger partial charge in [0.05, 0.1) is 0 Å². The summed E-state index contributed by atoms with van der Waals surface area (Å²) in [6.07, 6.45) is 0. The van der Waals surface area contributed by atoms with Crippen molar-refractivity contribution in [3.63, 3.8) is 0 Å². The summed E-state index contributed by atoms with van der Waals surface area (Å²) >= 11 is 1.73. The van der Waals surface area contributed by atoms with Gasteiger partial charge in [0.15, 0.2) is 0 Å². The van der Waals surface area contributed by atoms with Crippen LogP contribution in [-0.4, -0.2) is 5.54 Å². The number of rotatable bonds is 5. The molecule has 0 bridgehead atoms. The molecule has 114 valence electrons. The molecule has 1 N–H and O–H groups in total. The van der Waals surface area contributed by atoms with Gasteiger partial charge in [0, 0.05) is 17.0 Å². The normalized spacial score (nSPS) is 11.7. The van der Waals surface area contributed by atoms with Crippen molar-refractivity contribution in [2.75, 3.05) is 0 Å². The number of hydrogen-bond acceptors (Lipinski definition) is 3. The third kappa shape index (κ3) is 4.87. The van der Waals surface area contributed by atoms with Crippen molar-refractivity contribution in [1.82, 2.24) is 5.32 Å². The monoisotopic (exact) mass is 303 g/mol. The van der Waals surface area contributed by atoms with Gasteiger partial charge in [0.1, 0.15) is 12.4 Å². The van der Waals surface area contributed by atoms with E-state index in [0.29, 0.717) is 6.61 Å². The maximum absolute atomic E-state index is 6.00. The second-order valence-corrected chi connectivity index (χ2v) is 7.56. The van der Waals surface area contributed by atoms with Crippen molar-refractivity contribution in [1.29, 1.82) is 0 Å². The largest absolute Gasteiger partial charge is 0.488 e. The van der Waals surface area contributed by atoms with Gasteiger partial charge in [-0.05, 0) is 62.8 Å². The zero-order chi connectivity index (χ0) is 15.5. The summed E-state index contributed by atoms with van der Waals surface area (Å²) in [5.74, 6) is 1.02. The molecule has 3 heteroatoms. The molecule has 2 rings (SSSR count). The maximum atomic E-state index is 6.00. The second-order valence-electron chi connectivity index (χ2n) is 6.53. The fourth-order valence-corrected chi connectivity index (χ4v) is 2.89. The van der Waals surface area contributed by atoms with Crippen LogP contribution in [0.15, 0.2) is 29.6 Å². The number of benzene rings is 1. The Labute approximate surface area is 132 Å². The van der Waals surface area contributed by atoms with Crippen molar-refractivity contribution in [2.24, 2.45) is 0 Å². The fourth-order valence-electron chi connectivity index (χ4n) is 2.27. The molecule has 1 aromatic carbocycles. The zero-order valence-electron chi connectivity index (χ0n) is 13.6. The maximum Gasteiger partial charge on any atom is 0.125 e. The predicted octanol–water partition coefficient (Wildman–Crippen LogP) is 4.83. The molecule has 0 fully saturated rings. The Balaban J connectivity index is 2.06. The van der Waals surface area contributed by atoms with Crippen LogP contribution in [-0.2, 0) is 13.2 Å². The van der Waals surface area contributed by atoms with Gasteiger partial charge < -0.3 is 10.1 Å². The third-order valence-electron chi connectivity index (χ3n) is 3.28. The van der Waals surface area contributed by atoms with Crippen LogP contribution in [0.4, 0.5) is 0 Å². The minimum atomic E-state index is 0.135. The van der Waals surface area contributed by atoms with Crippen molar-refractivity contribution in [3.05, 3.63) is 51.2 Å². The van der Waals surface area contributed by atoms with Crippen LogP contribution in [0.2, 0.25) is 0 Å². The van der Waals surface area contributed by atoms with Gasteiger partial charge in [-0.2, -0.15) is 0 Å². The van der Waals surface area contributed by atoms with Crippen LogP contribution in [0.1, 0.15) is 42.3 Å². The summed E-state index contributed by atoms with van der Waals surface area (Å²) in [5.41, 5.74) is 3.86. The summed E-state index contributed by atoms with van der Waals surface area (Å²) in [4.78, 5) is 1.26. The minimum Gasteiger partial charge on any atom is -0.488 e. The first-order valence-corrected chi connectivity index (χ1v) is 8.23. The van der Waals surface area contributed by atoms with E-state index in [1.807, 2.05) is 0 Å². The highest BCUT2D eigenvalue weighted by Crippen LogP contribution is 2.26. The molecule has 1 aromatic heterocycles. The molecule has 2 nitrogen and oxygen atoms in total. The predicted molar refractivity (Wildman–Crippen MR) is 91.2 cm³/mol. The SMILES string of the molecule is Cc1cc(CNC(C)(C)C)cc(C)c1OCc1cccs1. The van der Waals surface area contributed by atoms with Crippen LogP contribution < -0.4 is 10.1 Å². The summed E-state index contributed by atoms with van der Waals surface area (Å²) in [7, 11) is 0. The van der Waals surface area contributed by atoms with Crippen molar-refractivity contribution < 1.29 is 4.74 Å². The molecule has 2 aromatic rings. The van der Waals surface area contributed by atoms with Crippen molar-refractivity contribution in [2.45, 2.75) is 53.3 Å². The molecule has 0 aliphatic heterocycles. The van der Waals surface area contributed by atoms with E-state index in [-0.39, 0.29) is 5.54 Å². The first-order valence-electron chi connectivity index (χ1n) is 7.35. The molecule has 0 amide bonds. The highest BCUT2D eigenvalue weighted by atomic mass is 32.1. The summed E-state index contributed by atoms with van der Waals surface area (Å²) < 4.78 is 6.00. The van der Waals surface area contributed by atoms with Crippen LogP contribution in [0.25, 0.3) is 0 Å². The Bertz CT molecular complexity index is 559. The Hall–Kier alpha value is -1.32. The molecule has 0 atom stereocenters. The topological polar surface area (TPSA) is 21.3 Å². The van der Waals surface area contributed by atoms with Crippen molar-refractivity contribution >= 4 is 11.3 Å². The highest BCUT2D eigenvalue weighted by Gasteiger charge is 2.11. The van der Waals surface area contributed by atoms with E-state index >= 15 is 0 Å². The summed E-state index contributed by atoms with van der Waals surface area (Å²) in [5, 5.41) is 5.61. The summed E-state index contributed by atoms with van der Waals surface area (Å²) in [6, 6.07) is 8.60. The van der Waals surface area contributed by atoms with Crippen molar-refractivity contribution in [3.8, 4) is 5.75 Å². The number of thiophene rings is 1. The van der Waals surface area contributed by atoms with E-state index in [1.54, 1.807) is 11.3 Å². The minimum absolute atomic E-state index is 0.135. The second kappa shape index (κ2) is 6.63. The molecule has 0 saturated heterocycles. The smallest absolute Gasteiger partial charge is 0.125 e. The molecule has 0 unspecified atom stereocenters. The Morgan fingerprint density at radius 3 is 2.33 bits per heavy atom. The van der Waals surface area contributed by atoms with E-state index < -0.39 is 0 Å². The van der Waals surface area contributed by atoms with Crippen LogP contribution in [0.5, 0.6) is 5.75 Å². The summed E-state index contributed by atoms with van der Waals surface area (Å²) in [6.45, 7) is 12.3. The lowest BCUT2D eigenvalue weighted by molar-refractivity contribution is 0.305. The Morgan fingerprint density at radius 1 is 1.14 bits per heavy atom. The van der Waals surface area contributed by atoms with E-state index in [1.165, 1.54) is 21.6 Å². The molecule has 0 aliphatic rings. The molecule has 0 radical (unpaired) electrons. The van der Waals surface area contributed by atoms with Gasteiger partial charge >= 0.3 is 0 Å². The fraction of sp³-hybridized carbons (Fsp3) is 0.444. The molecular formula is C18H25NOS. The van der Waals surface area contributed by atoms with Gasteiger partial charge in [0.2, 0.25) is 0 Å². The lowest BCUT2D eigenvalue weighted by Crippen LogP contribution is -2.35. The van der Waals surface area contributed by atoms with Crippen LogP contribution in [0, 0.1) is 13.8 Å². The number of hydrogen-bond donors (Lipinski definition) is 1. The number of aryl methyl sites for hydroxylation is 2. The van der Waals surface area contributed by atoms with Crippen LogP contribution in [0.3, 0.4) is 0 Å². The average molecular weight is 303 g/mol. The van der Waals surface area contributed by atoms with E-state index in [0.717, 1.165) is 12.3 Å². The molecular weight excluding hydrogens is 278 g/mol. The molecule has 0 spiro atoms. The van der Waals surface area contributed by atoms with E-state index in [2.05, 4.69) is 69.6 Å². The van der Waals surface area contributed by atoms with Gasteiger partial charge in [0.25, 0.3) is 0 Å². The van der Waals surface area contributed by atoms with E-state index in [4.69, 9.17) is 4.74 Å². The molecule has 0 aliphatic carbocycles. The standard InChI is InChI=1S/C18H25NOS/c1-13-9-15(11-19-18(3,4)5)10-14(2)17(13)20-12-16-7-6-8-21-16/h6-10,19H,11-12H2,1-5H3. The quantitative estimate of drug-likeness (QED) is 0.854. The van der Waals surface area contributed by atoms with E-state index in [9.17, 15) is 0 Å². The highest BCUT2D eigenvalue weighted by molar-refractivity contribution is 7.09. The molecule has 1 heterocycles. The first kappa shape index (κ1) is 16.1. The lowest BCUT2D eigenvalue weighted by atomic mass is 10.0. The number of nitrogens with one attached hydrogen (secondary N) is 1. The lowest BCUT2D eigenvalue weighted by Gasteiger charge is -2.21. The third-order valence-corrected chi connectivity index (χ3v) is 4.13. The molecule has 0 saturated carbocycles. The van der Waals surface area contributed by atoms with Gasteiger partial charge in [-0.3, -0.25) is 0 Å². The molecule has 21 heavy (non-hydrogen) atoms. The van der Waals surface area contributed by atoms with Gasteiger partial charge in [-0.1, -0.05) is 18.2 Å². The van der Waals surface area contributed by atoms with Gasteiger partial charge in [-0.15, -0.1) is 11.3 Å². The van der Waals surface area contributed by atoms with Crippen LogP contribution >= 0.6 is 11.3 Å². The average Bonchev–Trinajstić information content (AvgIpc) is 2.87. The first-order chi connectivity index (χ1) is 9.85. The Morgan fingerprint density at radius 2 is 1.81 bits per heavy atom. The Kier molecular flexibility index (Phi) is 5.07.